The number of aliphatic hydroxyl groups is 1. The minimum absolute atomic E-state index is 0.134. The average Bonchev–Trinajstić information content (AvgIpc) is 3.13. The van der Waals surface area contributed by atoms with E-state index in [0.717, 1.165) is 0 Å². The zero-order chi connectivity index (χ0) is 26.0. The van der Waals surface area contributed by atoms with E-state index in [4.69, 9.17) is 9.88 Å². The molecule has 10 heteroatoms. The van der Waals surface area contributed by atoms with Crippen LogP contribution >= 0.6 is 0 Å². The van der Waals surface area contributed by atoms with Crippen molar-refractivity contribution < 1.29 is 27.9 Å². The number of benzene rings is 2. The van der Waals surface area contributed by atoms with E-state index >= 15 is 0 Å². The molecule has 1 aromatic heterocycles. The molecule has 0 radical (unpaired) electrons. The van der Waals surface area contributed by atoms with Gasteiger partial charge >= 0.3 is 0 Å². The second-order valence-corrected chi connectivity index (χ2v) is 10.3. The Morgan fingerprint density at radius 2 is 1.72 bits per heavy atom. The molecule has 4 rings (SSSR count). The van der Waals surface area contributed by atoms with Crippen molar-refractivity contribution in [2.75, 3.05) is 11.5 Å². The van der Waals surface area contributed by atoms with Gasteiger partial charge in [0.15, 0.2) is 0 Å². The Labute approximate surface area is 208 Å². The number of rotatable bonds is 7. The van der Waals surface area contributed by atoms with E-state index in [2.05, 4.69) is 4.98 Å². The molecule has 0 spiro atoms. The van der Waals surface area contributed by atoms with Crippen molar-refractivity contribution in [1.29, 1.82) is 0 Å². The monoisotopic (exact) mass is 507 g/mol. The summed E-state index contributed by atoms with van der Waals surface area (Å²) >= 11 is 0. The largest absolute Gasteiger partial charge is 0.507 e. The third-order valence-electron chi connectivity index (χ3n) is 5.57. The zero-order valence-electron chi connectivity index (χ0n) is 19.7. The summed E-state index contributed by atoms with van der Waals surface area (Å²) in [5.41, 5.74) is 0.794. The molecule has 2 heterocycles. The quantitative estimate of drug-likeness (QED) is 0.284. The number of carbonyl (C=O) groups is 2. The van der Waals surface area contributed by atoms with Crippen LogP contribution in [-0.2, 0) is 19.6 Å². The second-order valence-electron chi connectivity index (χ2n) is 8.69. The predicted octanol–water partition coefficient (Wildman–Crippen LogP) is 3.39. The summed E-state index contributed by atoms with van der Waals surface area (Å²) in [6.45, 7) is 4.58. The second kappa shape index (κ2) is 9.92. The van der Waals surface area contributed by atoms with Gasteiger partial charge in [-0.05, 0) is 66.6 Å². The van der Waals surface area contributed by atoms with Crippen molar-refractivity contribution in [3.05, 3.63) is 89.8 Å². The van der Waals surface area contributed by atoms with Crippen LogP contribution in [0.1, 0.15) is 31.1 Å². The predicted molar refractivity (Wildman–Crippen MR) is 134 cm³/mol. The summed E-state index contributed by atoms with van der Waals surface area (Å²) in [6.07, 6.45) is 1.51. The number of nitrogens with zero attached hydrogens (tertiary/aromatic N) is 2. The molecule has 1 amide bonds. The van der Waals surface area contributed by atoms with E-state index in [0.29, 0.717) is 29.5 Å². The van der Waals surface area contributed by atoms with Gasteiger partial charge in [-0.25, -0.2) is 13.6 Å². The first-order chi connectivity index (χ1) is 17.1. The molecule has 3 N–H and O–H groups in total. The molecule has 1 saturated heterocycles. The lowest BCUT2D eigenvalue weighted by molar-refractivity contribution is -0.132. The average molecular weight is 508 g/mol. The molecule has 186 valence electrons. The molecule has 2 aromatic carbocycles. The van der Waals surface area contributed by atoms with E-state index in [9.17, 15) is 23.1 Å². The van der Waals surface area contributed by atoms with Crippen molar-refractivity contribution in [2.24, 2.45) is 11.1 Å². The molecule has 0 bridgehead atoms. The molecule has 3 aromatic rings. The molecule has 1 unspecified atom stereocenters. The van der Waals surface area contributed by atoms with Crippen LogP contribution in [0.15, 0.2) is 83.4 Å². The summed E-state index contributed by atoms with van der Waals surface area (Å²) in [5.74, 6) is -1.18. The van der Waals surface area contributed by atoms with Gasteiger partial charge in [-0.2, -0.15) is 0 Å². The van der Waals surface area contributed by atoms with Gasteiger partial charge in [-0.15, -0.1) is 0 Å². The number of sulfonamides is 1. The Balaban J connectivity index is 1.80. The molecule has 0 saturated carbocycles. The summed E-state index contributed by atoms with van der Waals surface area (Å²) in [6, 6.07) is 15.8. The third-order valence-corrected chi connectivity index (χ3v) is 6.50. The molecule has 1 aliphatic rings. The fourth-order valence-electron chi connectivity index (χ4n) is 3.84. The number of ether oxygens (including phenoxy) is 1. The normalized spacial score (nSPS) is 17.6. The first-order valence-corrected chi connectivity index (χ1v) is 12.7. The maximum atomic E-state index is 13.2. The summed E-state index contributed by atoms with van der Waals surface area (Å²) < 4.78 is 29.0. The zero-order valence-corrected chi connectivity index (χ0v) is 20.5. The smallest absolute Gasteiger partial charge is 0.300 e. The molecule has 0 aliphatic carbocycles. The number of hydrogen-bond donors (Lipinski definition) is 2. The number of primary sulfonamides is 1. The van der Waals surface area contributed by atoms with Gasteiger partial charge in [-0.1, -0.05) is 19.9 Å². The maximum absolute atomic E-state index is 13.2. The first-order valence-electron chi connectivity index (χ1n) is 11.2. The Kier molecular flexibility index (Phi) is 6.91. The Morgan fingerprint density at radius 1 is 1.06 bits per heavy atom. The summed E-state index contributed by atoms with van der Waals surface area (Å²) in [4.78, 5) is 31.7. The van der Waals surface area contributed by atoms with Crippen molar-refractivity contribution in [3.63, 3.8) is 0 Å². The van der Waals surface area contributed by atoms with E-state index < -0.39 is 27.8 Å². The molecule has 1 aliphatic heterocycles. The third kappa shape index (κ3) is 5.00. The van der Waals surface area contributed by atoms with Crippen molar-refractivity contribution in [2.45, 2.75) is 24.8 Å². The molecule has 1 atom stereocenters. The minimum Gasteiger partial charge on any atom is -0.507 e. The van der Waals surface area contributed by atoms with E-state index in [-0.39, 0.29) is 21.9 Å². The summed E-state index contributed by atoms with van der Waals surface area (Å²) in [5, 5.41) is 16.4. The number of nitrogens with two attached hydrogens (primary N) is 1. The Hall–Kier alpha value is -4.02. The maximum Gasteiger partial charge on any atom is 0.300 e. The van der Waals surface area contributed by atoms with Crippen molar-refractivity contribution >= 4 is 33.2 Å². The number of ketones is 1. The van der Waals surface area contributed by atoms with Crippen LogP contribution < -0.4 is 14.8 Å². The van der Waals surface area contributed by atoms with Crippen LogP contribution in [0, 0.1) is 5.92 Å². The number of hydrogen-bond acceptors (Lipinski definition) is 7. The molecule has 36 heavy (non-hydrogen) atoms. The molecule has 9 nitrogen and oxygen atoms in total. The number of pyridine rings is 1. The Morgan fingerprint density at radius 3 is 2.28 bits per heavy atom. The molecular formula is C26H25N3O6S. The lowest BCUT2D eigenvalue weighted by atomic mass is 9.98. The van der Waals surface area contributed by atoms with Crippen LogP contribution in [0.4, 0.5) is 5.69 Å². The standard InChI is InChI=1S/C26H25N3O6S/c1-16(2)15-35-19-10-6-17(7-11-19)24(30)22-23(21-5-3-4-14-28-21)29(26(32)25(22)31)18-8-12-20(13-9-18)36(27,33)34/h3-14,16,23,30H,15H2,1-2H3,(H2,27,33,34)/b24-22+. The topological polar surface area (TPSA) is 140 Å². The lowest BCUT2D eigenvalue weighted by Gasteiger charge is -2.24. The number of amides is 1. The van der Waals surface area contributed by atoms with Gasteiger partial charge in [0.2, 0.25) is 10.0 Å². The van der Waals surface area contributed by atoms with Crippen molar-refractivity contribution in [1.82, 2.24) is 4.98 Å². The van der Waals surface area contributed by atoms with Crippen molar-refractivity contribution in [3.8, 4) is 5.75 Å². The van der Waals surface area contributed by atoms with E-state index in [1.54, 1.807) is 42.5 Å². The van der Waals surface area contributed by atoms with Crippen LogP contribution in [-0.4, -0.2) is 36.8 Å². The van der Waals surface area contributed by atoms with Crippen LogP contribution in [0.5, 0.6) is 5.75 Å². The number of carbonyl (C=O) groups excluding carboxylic acids is 2. The van der Waals surface area contributed by atoms with Crippen LogP contribution in [0.3, 0.4) is 0 Å². The van der Waals surface area contributed by atoms with Gasteiger partial charge in [0.05, 0.1) is 22.8 Å². The van der Waals surface area contributed by atoms with Crippen LogP contribution in [0.2, 0.25) is 0 Å². The molecular weight excluding hydrogens is 482 g/mol. The number of aliphatic hydroxyl groups excluding tert-OH is 1. The van der Waals surface area contributed by atoms with Gasteiger partial charge in [-0.3, -0.25) is 19.5 Å². The van der Waals surface area contributed by atoms with Gasteiger partial charge in [0, 0.05) is 17.4 Å². The SMILES string of the molecule is CC(C)COc1ccc(/C(O)=C2\C(=O)C(=O)N(c3ccc(S(N)(=O)=O)cc3)C2c2ccccn2)cc1. The van der Waals surface area contributed by atoms with Gasteiger partial charge < -0.3 is 9.84 Å². The lowest BCUT2D eigenvalue weighted by Crippen LogP contribution is -2.29. The summed E-state index contributed by atoms with van der Waals surface area (Å²) in [7, 11) is -3.95. The minimum atomic E-state index is -3.95. The number of Topliss-reactive ketones (excluding diaryl/α,β-unsaturated/α-hetero) is 1. The fraction of sp³-hybridized carbons (Fsp3) is 0.192. The number of aromatic nitrogens is 1. The first kappa shape index (κ1) is 25.1. The fourth-order valence-corrected chi connectivity index (χ4v) is 4.36. The number of anilines is 1. The van der Waals surface area contributed by atoms with Gasteiger partial charge in [0.1, 0.15) is 17.6 Å². The highest BCUT2D eigenvalue weighted by atomic mass is 32.2. The van der Waals surface area contributed by atoms with E-state index in [1.165, 1.54) is 35.4 Å². The highest BCUT2D eigenvalue weighted by molar-refractivity contribution is 7.89. The Bertz CT molecular complexity index is 1420. The van der Waals surface area contributed by atoms with Crippen LogP contribution in [0.25, 0.3) is 5.76 Å². The highest BCUT2D eigenvalue weighted by Crippen LogP contribution is 2.41. The van der Waals surface area contributed by atoms with E-state index in [1.807, 2.05) is 13.8 Å². The molecule has 1 fully saturated rings. The highest BCUT2D eigenvalue weighted by Gasteiger charge is 2.47. The van der Waals surface area contributed by atoms with Gasteiger partial charge in [0.25, 0.3) is 11.7 Å².